The SMILES string of the molecule is CC1=C(C(=O)N[C@@H](Cc2ccc(OCc3c(Cl)cccc3Cl)cc2)C(=O)O)C(C)(C)CCC1=CC(=O)O. The number of carbonyl (C=O) groups excluding carboxylic acids is 1. The number of rotatable bonds is 9. The zero-order valence-electron chi connectivity index (χ0n) is 20.8. The van der Waals surface area contributed by atoms with E-state index in [1.165, 1.54) is 0 Å². The zero-order chi connectivity index (χ0) is 27.3. The Bertz CT molecular complexity index is 1240. The number of ether oxygens (including phenoxy) is 1. The first-order chi connectivity index (χ1) is 17.4. The van der Waals surface area contributed by atoms with Crippen LogP contribution in [0.4, 0.5) is 0 Å². The van der Waals surface area contributed by atoms with Crippen LogP contribution in [0.15, 0.2) is 65.3 Å². The highest BCUT2D eigenvalue weighted by atomic mass is 35.5. The molecule has 196 valence electrons. The molecule has 0 saturated heterocycles. The fraction of sp³-hybridized carbons (Fsp3) is 0.321. The van der Waals surface area contributed by atoms with E-state index in [1.807, 2.05) is 13.8 Å². The minimum absolute atomic E-state index is 0.0578. The lowest BCUT2D eigenvalue weighted by molar-refractivity contribution is -0.141. The average molecular weight is 546 g/mol. The maximum atomic E-state index is 13.2. The second-order valence-electron chi connectivity index (χ2n) is 9.59. The Labute approximate surface area is 225 Å². The molecule has 0 aliphatic heterocycles. The largest absolute Gasteiger partial charge is 0.489 e. The first-order valence-electron chi connectivity index (χ1n) is 11.7. The van der Waals surface area contributed by atoms with Crippen molar-refractivity contribution in [2.24, 2.45) is 5.41 Å². The molecule has 2 aromatic carbocycles. The van der Waals surface area contributed by atoms with Crippen LogP contribution in [0.25, 0.3) is 0 Å². The van der Waals surface area contributed by atoms with Crippen LogP contribution in [0.1, 0.15) is 44.7 Å². The first-order valence-corrected chi connectivity index (χ1v) is 12.5. The maximum absolute atomic E-state index is 13.2. The van der Waals surface area contributed by atoms with Crippen molar-refractivity contribution in [1.29, 1.82) is 0 Å². The van der Waals surface area contributed by atoms with Crippen LogP contribution >= 0.6 is 23.2 Å². The van der Waals surface area contributed by atoms with E-state index in [-0.39, 0.29) is 13.0 Å². The maximum Gasteiger partial charge on any atom is 0.328 e. The van der Waals surface area contributed by atoms with Crippen LogP contribution < -0.4 is 10.1 Å². The van der Waals surface area contributed by atoms with Crippen LogP contribution in [0, 0.1) is 5.41 Å². The molecule has 2 aromatic rings. The second kappa shape index (κ2) is 11.8. The summed E-state index contributed by atoms with van der Waals surface area (Å²) in [5, 5.41) is 22.6. The number of carbonyl (C=O) groups is 3. The number of amides is 1. The molecule has 0 aromatic heterocycles. The van der Waals surface area contributed by atoms with Gasteiger partial charge in [0.15, 0.2) is 0 Å². The summed E-state index contributed by atoms with van der Waals surface area (Å²) in [7, 11) is 0. The van der Waals surface area contributed by atoms with E-state index in [1.54, 1.807) is 49.4 Å². The van der Waals surface area contributed by atoms with Gasteiger partial charge in [-0.15, -0.1) is 0 Å². The molecule has 0 heterocycles. The summed E-state index contributed by atoms with van der Waals surface area (Å²) < 4.78 is 5.77. The molecule has 1 amide bonds. The van der Waals surface area contributed by atoms with Crippen molar-refractivity contribution in [3.05, 3.63) is 86.4 Å². The van der Waals surface area contributed by atoms with Gasteiger partial charge in [0.2, 0.25) is 5.91 Å². The third-order valence-electron chi connectivity index (χ3n) is 6.49. The van der Waals surface area contributed by atoms with E-state index >= 15 is 0 Å². The minimum atomic E-state index is -1.17. The topological polar surface area (TPSA) is 113 Å². The van der Waals surface area contributed by atoms with E-state index in [9.17, 15) is 19.5 Å². The van der Waals surface area contributed by atoms with Crippen molar-refractivity contribution in [1.82, 2.24) is 5.32 Å². The normalized spacial score (nSPS) is 16.8. The molecule has 7 nitrogen and oxygen atoms in total. The highest BCUT2D eigenvalue weighted by molar-refractivity contribution is 6.35. The van der Waals surface area contributed by atoms with E-state index < -0.39 is 29.3 Å². The molecule has 37 heavy (non-hydrogen) atoms. The van der Waals surface area contributed by atoms with Crippen molar-refractivity contribution in [3.8, 4) is 5.75 Å². The van der Waals surface area contributed by atoms with Gasteiger partial charge in [0, 0.05) is 33.7 Å². The number of benzene rings is 2. The summed E-state index contributed by atoms with van der Waals surface area (Å²) in [4.78, 5) is 36.4. The van der Waals surface area contributed by atoms with Crippen molar-refractivity contribution in [2.75, 3.05) is 0 Å². The number of hydrogen-bond acceptors (Lipinski definition) is 4. The highest BCUT2D eigenvalue weighted by Gasteiger charge is 2.36. The van der Waals surface area contributed by atoms with Gasteiger partial charge in [-0.1, -0.05) is 55.2 Å². The van der Waals surface area contributed by atoms with Crippen molar-refractivity contribution >= 4 is 41.0 Å². The molecule has 0 saturated carbocycles. The summed E-state index contributed by atoms with van der Waals surface area (Å²) in [5.41, 5.74) is 2.37. The lowest BCUT2D eigenvalue weighted by Gasteiger charge is -2.35. The summed E-state index contributed by atoms with van der Waals surface area (Å²) in [5.74, 6) is -2.21. The molecule has 1 aliphatic carbocycles. The molecule has 3 rings (SSSR count). The Hall–Kier alpha value is -3.29. The van der Waals surface area contributed by atoms with E-state index in [0.29, 0.717) is 56.5 Å². The number of allylic oxidation sites excluding steroid dienone is 2. The summed E-state index contributed by atoms with van der Waals surface area (Å²) in [6.07, 6.45) is 2.27. The van der Waals surface area contributed by atoms with Gasteiger partial charge < -0.3 is 20.3 Å². The van der Waals surface area contributed by atoms with Crippen LogP contribution in [0.3, 0.4) is 0 Å². The Morgan fingerprint density at radius 2 is 1.70 bits per heavy atom. The van der Waals surface area contributed by atoms with Crippen LogP contribution in [-0.4, -0.2) is 34.1 Å². The van der Waals surface area contributed by atoms with Gasteiger partial charge in [-0.2, -0.15) is 0 Å². The average Bonchev–Trinajstić information content (AvgIpc) is 2.81. The van der Waals surface area contributed by atoms with Crippen molar-refractivity contribution < 1.29 is 29.3 Å². The fourth-order valence-corrected chi connectivity index (χ4v) is 4.96. The minimum Gasteiger partial charge on any atom is -0.489 e. The lowest BCUT2D eigenvalue weighted by atomic mass is 9.70. The molecule has 1 atom stereocenters. The number of hydrogen-bond donors (Lipinski definition) is 3. The Balaban J connectivity index is 1.72. The molecule has 0 radical (unpaired) electrons. The van der Waals surface area contributed by atoms with E-state index in [0.717, 1.165) is 6.08 Å². The first kappa shape index (κ1) is 28.3. The van der Waals surface area contributed by atoms with Gasteiger partial charge in [0.25, 0.3) is 0 Å². The standard InChI is InChI=1S/C28H29Cl2NO6/c1-16-18(14-24(32)33)11-12-28(2,3)25(16)26(34)31-23(27(35)36)13-17-7-9-19(10-8-17)37-15-20-21(29)5-4-6-22(20)30/h4-10,14,23H,11-13,15H2,1-3H3,(H,31,34)(H,32,33)(H,35,36)/t23-/m0/s1. The zero-order valence-corrected chi connectivity index (χ0v) is 22.3. The van der Waals surface area contributed by atoms with Crippen LogP contribution in [0.2, 0.25) is 10.0 Å². The Kier molecular flexibility index (Phi) is 9.05. The smallest absolute Gasteiger partial charge is 0.328 e. The van der Waals surface area contributed by atoms with Gasteiger partial charge in [-0.05, 0) is 66.2 Å². The second-order valence-corrected chi connectivity index (χ2v) is 10.4. The highest BCUT2D eigenvalue weighted by Crippen LogP contribution is 2.42. The molecule has 0 bridgehead atoms. The molecule has 0 spiro atoms. The number of nitrogens with one attached hydrogen (secondary N) is 1. The number of aliphatic carboxylic acids is 2. The van der Waals surface area contributed by atoms with E-state index in [4.69, 9.17) is 33.0 Å². The van der Waals surface area contributed by atoms with Gasteiger partial charge in [0.05, 0.1) is 0 Å². The Morgan fingerprint density at radius 1 is 1.08 bits per heavy atom. The third kappa shape index (κ3) is 7.14. The van der Waals surface area contributed by atoms with Gasteiger partial charge in [0.1, 0.15) is 18.4 Å². The summed E-state index contributed by atoms with van der Waals surface area (Å²) in [6, 6.07) is 10.9. The summed E-state index contributed by atoms with van der Waals surface area (Å²) >= 11 is 12.4. The Morgan fingerprint density at radius 3 is 2.27 bits per heavy atom. The lowest BCUT2D eigenvalue weighted by Crippen LogP contribution is -2.45. The van der Waals surface area contributed by atoms with Crippen molar-refractivity contribution in [3.63, 3.8) is 0 Å². The van der Waals surface area contributed by atoms with Gasteiger partial charge >= 0.3 is 11.9 Å². The molecule has 1 aliphatic rings. The third-order valence-corrected chi connectivity index (χ3v) is 7.20. The van der Waals surface area contributed by atoms with Crippen LogP contribution in [0.5, 0.6) is 5.75 Å². The fourth-order valence-electron chi connectivity index (χ4n) is 4.45. The van der Waals surface area contributed by atoms with Crippen molar-refractivity contribution in [2.45, 2.75) is 52.7 Å². The van der Waals surface area contributed by atoms with E-state index in [2.05, 4.69) is 5.32 Å². The predicted molar refractivity (Wildman–Crippen MR) is 142 cm³/mol. The predicted octanol–water partition coefficient (Wildman–Crippen LogP) is 5.83. The molecular formula is C28H29Cl2NO6. The molecule has 0 fully saturated rings. The van der Waals surface area contributed by atoms with Crippen LogP contribution in [-0.2, 0) is 27.4 Å². The monoisotopic (exact) mass is 545 g/mol. The molecule has 3 N–H and O–H groups in total. The summed E-state index contributed by atoms with van der Waals surface area (Å²) in [6.45, 7) is 5.67. The van der Waals surface area contributed by atoms with Gasteiger partial charge in [-0.25, -0.2) is 9.59 Å². The number of halogens is 2. The number of carboxylic acid groups (broad SMARTS) is 2. The molecular weight excluding hydrogens is 517 g/mol. The quantitative estimate of drug-likeness (QED) is 0.341. The number of carboxylic acids is 2. The molecule has 9 heteroatoms. The van der Waals surface area contributed by atoms with Gasteiger partial charge in [-0.3, -0.25) is 4.79 Å². The molecule has 0 unspecified atom stereocenters.